The Morgan fingerprint density at radius 1 is 1.41 bits per heavy atom. The van der Waals surface area contributed by atoms with E-state index < -0.39 is 0 Å². The predicted octanol–water partition coefficient (Wildman–Crippen LogP) is 3.56. The molecule has 2 heterocycles. The van der Waals surface area contributed by atoms with Crippen molar-refractivity contribution in [2.75, 3.05) is 5.75 Å². The molecule has 1 amide bonds. The van der Waals surface area contributed by atoms with Crippen molar-refractivity contribution in [3.8, 4) is 0 Å². The van der Waals surface area contributed by atoms with Crippen LogP contribution in [0.15, 0.2) is 58.6 Å². The third-order valence-electron chi connectivity index (χ3n) is 3.72. The van der Waals surface area contributed by atoms with Crippen LogP contribution in [-0.4, -0.2) is 31.0 Å². The van der Waals surface area contributed by atoms with Gasteiger partial charge in [0.25, 0.3) is 5.91 Å². The van der Waals surface area contributed by atoms with Crippen LogP contribution in [0.5, 0.6) is 0 Å². The van der Waals surface area contributed by atoms with E-state index in [9.17, 15) is 4.79 Å². The van der Waals surface area contributed by atoms with Gasteiger partial charge < -0.3 is 9.13 Å². The zero-order chi connectivity index (χ0) is 19.2. The number of nitrogens with zero attached hydrogens (tertiary/aromatic N) is 5. The highest BCUT2D eigenvalue weighted by atomic mass is 35.5. The molecule has 0 atom stereocenters. The fourth-order valence-electron chi connectivity index (χ4n) is 2.39. The van der Waals surface area contributed by atoms with E-state index in [1.807, 2.05) is 51.9 Å². The van der Waals surface area contributed by atoms with Gasteiger partial charge in [-0.2, -0.15) is 4.99 Å². The minimum Gasteiger partial charge on any atom is -0.319 e. The van der Waals surface area contributed by atoms with Gasteiger partial charge in [-0.05, 0) is 18.6 Å². The predicted molar refractivity (Wildman–Crippen MR) is 109 cm³/mol. The Morgan fingerprint density at radius 2 is 2.22 bits per heavy atom. The second kappa shape index (κ2) is 9.16. The van der Waals surface area contributed by atoms with Crippen LogP contribution in [0.1, 0.15) is 11.4 Å². The fourth-order valence-corrected chi connectivity index (χ4v) is 4.11. The molecule has 0 fully saturated rings. The molecule has 140 valence electrons. The summed E-state index contributed by atoms with van der Waals surface area (Å²) in [6.45, 7) is 6.77. The molecule has 27 heavy (non-hydrogen) atoms. The van der Waals surface area contributed by atoms with E-state index in [1.54, 1.807) is 6.08 Å². The van der Waals surface area contributed by atoms with E-state index in [0.717, 1.165) is 11.4 Å². The summed E-state index contributed by atoms with van der Waals surface area (Å²) in [4.78, 5) is 17.2. The molecule has 0 aliphatic rings. The lowest BCUT2D eigenvalue weighted by molar-refractivity contribution is -0.115. The summed E-state index contributed by atoms with van der Waals surface area (Å²) in [6, 6.07) is 7.64. The molecule has 0 N–H and O–H groups in total. The maximum atomic E-state index is 12.3. The van der Waals surface area contributed by atoms with Crippen molar-refractivity contribution in [2.45, 2.75) is 25.2 Å². The molecule has 2 aromatic heterocycles. The molecule has 0 aliphatic heterocycles. The van der Waals surface area contributed by atoms with E-state index in [1.165, 1.54) is 23.1 Å². The normalized spacial score (nSPS) is 11.7. The molecule has 3 aromatic rings. The highest BCUT2D eigenvalue weighted by Crippen LogP contribution is 2.17. The number of thioether (sulfide) groups is 1. The van der Waals surface area contributed by atoms with Gasteiger partial charge in [-0.25, -0.2) is 0 Å². The molecular formula is C18H18ClN5OS2. The van der Waals surface area contributed by atoms with Crippen molar-refractivity contribution in [3.05, 3.63) is 69.7 Å². The van der Waals surface area contributed by atoms with Gasteiger partial charge in [0.05, 0.1) is 12.3 Å². The topological polar surface area (TPSA) is 65.1 Å². The van der Waals surface area contributed by atoms with Crippen LogP contribution in [0.4, 0.5) is 0 Å². The quantitative estimate of drug-likeness (QED) is 0.434. The van der Waals surface area contributed by atoms with Crippen LogP contribution in [0.25, 0.3) is 0 Å². The Kier molecular flexibility index (Phi) is 6.65. The van der Waals surface area contributed by atoms with Gasteiger partial charge in [0.1, 0.15) is 5.82 Å². The summed E-state index contributed by atoms with van der Waals surface area (Å²) < 4.78 is 3.83. The number of aryl methyl sites for hydroxylation is 1. The van der Waals surface area contributed by atoms with Gasteiger partial charge in [-0.1, -0.05) is 47.6 Å². The van der Waals surface area contributed by atoms with E-state index in [4.69, 9.17) is 11.6 Å². The third kappa shape index (κ3) is 4.97. The minimum absolute atomic E-state index is 0.194. The Morgan fingerprint density at radius 3 is 3.00 bits per heavy atom. The van der Waals surface area contributed by atoms with Gasteiger partial charge in [0, 0.05) is 23.1 Å². The van der Waals surface area contributed by atoms with Gasteiger partial charge in [0.2, 0.25) is 0 Å². The first-order chi connectivity index (χ1) is 13.1. The Balaban J connectivity index is 1.71. The largest absolute Gasteiger partial charge is 0.319 e. The number of carbonyl (C=O) groups is 1. The number of hydrogen-bond donors (Lipinski definition) is 0. The van der Waals surface area contributed by atoms with Gasteiger partial charge in [0.15, 0.2) is 9.96 Å². The Hall–Kier alpha value is -2.16. The lowest BCUT2D eigenvalue weighted by Gasteiger charge is -2.05. The molecule has 0 radical (unpaired) electrons. The van der Waals surface area contributed by atoms with Crippen LogP contribution < -0.4 is 4.80 Å². The summed E-state index contributed by atoms with van der Waals surface area (Å²) in [6.07, 6.45) is 3.67. The fraction of sp³-hybridized carbons (Fsp3) is 0.222. The molecule has 1 aromatic carbocycles. The first-order valence-corrected chi connectivity index (χ1v) is 10.4. The lowest BCUT2D eigenvalue weighted by atomic mass is 10.2. The second-order valence-corrected chi connectivity index (χ2v) is 7.85. The molecule has 9 heteroatoms. The van der Waals surface area contributed by atoms with Gasteiger partial charge in [-0.3, -0.25) is 4.79 Å². The average Bonchev–Trinajstić information content (AvgIpc) is 3.23. The number of hydrogen-bond acceptors (Lipinski definition) is 5. The van der Waals surface area contributed by atoms with Gasteiger partial charge in [-0.15, -0.1) is 28.1 Å². The maximum Gasteiger partial charge on any atom is 0.258 e. The van der Waals surface area contributed by atoms with Crippen LogP contribution in [0.2, 0.25) is 5.02 Å². The molecular weight excluding hydrogens is 402 g/mol. The summed E-state index contributed by atoms with van der Waals surface area (Å²) >= 11 is 8.97. The Bertz CT molecular complexity index is 1020. The lowest BCUT2D eigenvalue weighted by Crippen LogP contribution is -2.17. The summed E-state index contributed by atoms with van der Waals surface area (Å²) in [5.41, 5.74) is 0.980. The van der Waals surface area contributed by atoms with Gasteiger partial charge >= 0.3 is 0 Å². The summed E-state index contributed by atoms with van der Waals surface area (Å²) in [5, 5.41) is 11.4. The molecule has 3 rings (SSSR count). The molecule has 0 aliphatic carbocycles. The number of aromatic nitrogens is 4. The smallest absolute Gasteiger partial charge is 0.258 e. The summed E-state index contributed by atoms with van der Waals surface area (Å²) in [7, 11) is 0. The highest BCUT2D eigenvalue weighted by Gasteiger charge is 2.11. The molecule has 0 bridgehead atoms. The number of rotatable bonds is 7. The van der Waals surface area contributed by atoms with Crippen LogP contribution in [0.3, 0.4) is 0 Å². The van der Waals surface area contributed by atoms with Crippen molar-refractivity contribution >= 4 is 40.6 Å². The van der Waals surface area contributed by atoms with Crippen molar-refractivity contribution < 1.29 is 4.79 Å². The van der Waals surface area contributed by atoms with E-state index in [-0.39, 0.29) is 11.7 Å². The van der Waals surface area contributed by atoms with Crippen molar-refractivity contribution in [1.82, 2.24) is 19.3 Å². The first kappa shape index (κ1) is 19.6. The van der Waals surface area contributed by atoms with Crippen molar-refractivity contribution in [1.29, 1.82) is 0 Å². The SMILES string of the molecule is C=CCn1c(C)nnc1SCC(=O)N=c1sccn1Cc1ccccc1Cl. The zero-order valence-electron chi connectivity index (χ0n) is 14.7. The van der Waals surface area contributed by atoms with Crippen LogP contribution in [-0.2, 0) is 17.9 Å². The average molecular weight is 420 g/mol. The minimum atomic E-state index is -0.221. The van der Waals surface area contributed by atoms with E-state index in [0.29, 0.717) is 28.1 Å². The highest BCUT2D eigenvalue weighted by molar-refractivity contribution is 7.99. The molecule has 0 unspecified atom stereocenters. The number of benzene rings is 1. The molecule has 0 saturated heterocycles. The summed E-state index contributed by atoms with van der Waals surface area (Å²) in [5.74, 6) is 0.762. The number of allylic oxidation sites excluding steroid dienone is 1. The van der Waals surface area contributed by atoms with Crippen molar-refractivity contribution in [2.24, 2.45) is 4.99 Å². The number of amides is 1. The molecule has 0 spiro atoms. The standard InChI is InChI=1S/C18H18ClN5OS2/c1-3-8-24-13(2)21-22-18(24)27-12-16(25)20-17-23(9-10-26-17)11-14-6-4-5-7-15(14)19/h3-7,9-10H,1,8,11-12H2,2H3. The van der Waals surface area contributed by atoms with Crippen LogP contribution in [0, 0.1) is 6.92 Å². The van der Waals surface area contributed by atoms with E-state index >= 15 is 0 Å². The second-order valence-electron chi connectivity index (χ2n) is 5.63. The monoisotopic (exact) mass is 419 g/mol. The number of carbonyl (C=O) groups excluding carboxylic acids is 1. The maximum absolute atomic E-state index is 12.3. The van der Waals surface area contributed by atoms with E-state index in [2.05, 4.69) is 21.8 Å². The molecule has 0 saturated carbocycles. The van der Waals surface area contributed by atoms with Crippen molar-refractivity contribution in [3.63, 3.8) is 0 Å². The number of halogens is 1. The molecule has 6 nitrogen and oxygen atoms in total. The first-order valence-electron chi connectivity index (χ1n) is 8.17. The number of thiazole rings is 1. The third-order valence-corrected chi connectivity index (χ3v) is 5.83. The van der Waals surface area contributed by atoms with Crippen LogP contribution >= 0.6 is 34.7 Å². The Labute approximate surface area is 170 Å². The zero-order valence-corrected chi connectivity index (χ0v) is 17.1.